The number of nitrogens with one attached hydrogen (secondary N) is 1. The Hall–Kier alpha value is -1.58. The fourth-order valence-electron chi connectivity index (χ4n) is 2.95. The van der Waals surface area contributed by atoms with Crippen LogP contribution in [0.25, 0.3) is 10.8 Å². The molecular formula is C18H23ClN2O. The minimum Gasteiger partial charge on any atom is -0.344 e. The molecule has 1 fully saturated rings. The molecule has 3 rings (SSSR count). The van der Waals surface area contributed by atoms with Crippen molar-refractivity contribution in [3.05, 3.63) is 48.0 Å². The smallest absolute Gasteiger partial charge is 0.226 e. The molecule has 0 aliphatic heterocycles. The van der Waals surface area contributed by atoms with Gasteiger partial charge in [0.25, 0.3) is 0 Å². The average molecular weight is 319 g/mol. The summed E-state index contributed by atoms with van der Waals surface area (Å²) in [6.45, 7) is 1.62. The lowest BCUT2D eigenvalue weighted by molar-refractivity contribution is -0.131. The van der Waals surface area contributed by atoms with Crippen molar-refractivity contribution >= 4 is 29.1 Å². The first-order valence-electron chi connectivity index (χ1n) is 7.59. The number of fused-ring (bicyclic) bond motifs is 1. The zero-order valence-corrected chi connectivity index (χ0v) is 13.9. The van der Waals surface area contributed by atoms with Gasteiger partial charge in [-0.3, -0.25) is 4.79 Å². The van der Waals surface area contributed by atoms with Crippen molar-refractivity contribution in [1.29, 1.82) is 0 Å². The molecule has 2 aromatic rings. The molecule has 0 aromatic heterocycles. The fraction of sp³-hybridized carbons (Fsp3) is 0.389. The first-order valence-corrected chi connectivity index (χ1v) is 7.59. The topological polar surface area (TPSA) is 32.3 Å². The van der Waals surface area contributed by atoms with Gasteiger partial charge in [0.2, 0.25) is 5.91 Å². The second kappa shape index (κ2) is 7.12. The van der Waals surface area contributed by atoms with Crippen molar-refractivity contribution in [3.8, 4) is 0 Å². The molecule has 0 spiro atoms. The standard InChI is InChI=1S/C18H22N2O.ClH/c1-19-9-10-20(2)18(21)17-12-16(17)15-8-7-13-5-3-4-6-14(13)11-15;/h3-8,11,16-17,19H,9-10,12H2,1-2H3;1H. The number of amides is 1. The van der Waals surface area contributed by atoms with E-state index in [2.05, 4.69) is 47.8 Å². The van der Waals surface area contributed by atoms with Crippen molar-refractivity contribution in [2.24, 2.45) is 5.92 Å². The van der Waals surface area contributed by atoms with Crippen LogP contribution in [0.2, 0.25) is 0 Å². The summed E-state index contributed by atoms with van der Waals surface area (Å²) < 4.78 is 0. The Morgan fingerprint density at radius 1 is 1.23 bits per heavy atom. The molecular weight excluding hydrogens is 296 g/mol. The highest BCUT2D eigenvalue weighted by atomic mass is 35.5. The van der Waals surface area contributed by atoms with E-state index in [4.69, 9.17) is 0 Å². The first-order chi connectivity index (χ1) is 10.2. The van der Waals surface area contributed by atoms with Crippen LogP contribution in [0.5, 0.6) is 0 Å². The summed E-state index contributed by atoms with van der Waals surface area (Å²) in [5.74, 6) is 0.857. The average Bonchev–Trinajstić information content (AvgIpc) is 3.32. The molecule has 0 radical (unpaired) electrons. The van der Waals surface area contributed by atoms with Gasteiger partial charge in [-0.2, -0.15) is 0 Å². The molecule has 22 heavy (non-hydrogen) atoms. The summed E-state index contributed by atoms with van der Waals surface area (Å²) >= 11 is 0. The van der Waals surface area contributed by atoms with Crippen molar-refractivity contribution in [3.63, 3.8) is 0 Å². The molecule has 3 nitrogen and oxygen atoms in total. The van der Waals surface area contributed by atoms with Crippen molar-refractivity contribution in [2.45, 2.75) is 12.3 Å². The predicted molar refractivity (Wildman–Crippen MR) is 93.6 cm³/mol. The van der Waals surface area contributed by atoms with Crippen LogP contribution >= 0.6 is 12.4 Å². The lowest BCUT2D eigenvalue weighted by atomic mass is 10.0. The third-order valence-corrected chi connectivity index (χ3v) is 4.38. The fourth-order valence-corrected chi connectivity index (χ4v) is 2.95. The zero-order chi connectivity index (χ0) is 14.8. The van der Waals surface area contributed by atoms with E-state index in [1.54, 1.807) is 0 Å². The monoisotopic (exact) mass is 318 g/mol. The zero-order valence-electron chi connectivity index (χ0n) is 13.1. The molecule has 2 atom stereocenters. The highest BCUT2D eigenvalue weighted by Gasteiger charge is 2.45. The number of hydrogen-bond acceptors (Lipinski definition) is 2. The molecule has 0 heterocycles. The third kappa shape index (κ3) is 3.42. The number of benzene rings is 2. The molecule has 0 bridgehead atoms. The van der Waals surface area contributed by atoms with Crippen LogP contribution in [-0.4, -0.2) is 38.0 Å². The minimum absolute atomic E-state index is 0. The van der Waals surface area contributed by atoms with Gasteiger partial charge in [-0.25, -0.2) is 0 Å². The SMILES string of the molecule is CNCCN(C)C(=O)C1CC1c1ccc2ccccc2c1.Cl. The van der Waals surface area contributed by atoms with Gasteiger partial charge in [-0.05, 0) is 35.7 Å². The van der Waals surface area contributed by atoms with E-state index in [1.165, 1.54) is 16.3 Å². The van der Waals surface area contributed by atoms with E-state index < -0.39 is 0 Å². The summed E-state index contributed by atoms with van der Waals surface area (Å²) in [6, 6.07) is 15.0. The summed E-state index contributed by atoms with van der Waals surface area (Å²) in [6.07, 6.45) is 0.987. The van der Waals surface area contributed by atoms with Gasteiger partial charge in [-0.15, -0.1) is 12.4 Å². The number of carbonyl (C=O) groups is 1. The van der Waals surface area contributed by atoms with Crippen molar-refractivity contribution in [2.75, 3.05) is 27.2 Å². The number of carbonyl (C=O) groups excluding carboxylic acids is 1. The van der Waals surface area contributed by atoms with Gasteiger partial charge in [-0.1, -0.05) is 42.5 Å². The number of nitrogens with zero attached hydrogens (tertiary/aromatic N) is 1. The first kappa shape index (κ1) is 16.8. The maximum atomic E-state index is 12.4. The van der Waals surface area contributed by atoms with Gasteiger partial charge in [0.15, 0.2) is 0 Å². The maximum absolute atomic E-state index is 12.4. The van der Waals surface area contributed by atoms with E-state index in [-0.39, 0.29) is 24.2 Å². The third-order valence-electron chi connectivity index (χ3n) is 4.38. The van der Waals surface area contributed by atoms with Crippen LogP contribution in [0, 0.1) is 5.92 Å². The van der Waals surface area contributed by atoms with Gasteiger partial charge < -0.3 is 10.2 Å². The van der Waals surface area contributed by atoms with E-state index in [1.807, 2.05) is 19.0 Å². The summed E-state index contributed by atoms with van der Waals surface area (Å²) in [5, 5.41) is 5.60. The van der Waals surface area contributed by atoms with Crippen molar-refractivity contribution < 1.29 is 4.79 Å². The number of likely N-dealkylation sites (N-methyl/N-ethyl adjacent to an activating group) is 2. The second-order valence-electron chi connectivity index (χ2n) is 5.92. The maximum Gasteiger partial charge on any atom is 0.226 e. The van der Waals surface area contributed by atoms with Crippen LogP contribution < -0.4 is 5.32 Å². The molecule has 1 amide bonds. The Balaban J connectivity index is 0.00000176. The molecule has 2 aromatic carbocycles. The Kier molecular flexibility index (Phi) is 5.43. The van der Waals surface area contributed by atoms with Crippen LogP contribution in [0.3, 0.4) is 0 Å². The van der Waals surface area contributed by atoms with Gasteiger partial charge in [0.1, 0.15) is 0 Å². The number of hydrogen-bond donors (Lipinski definition) is 1. The van der Waals surface area contributed by atoms with E-state index in [9.17, 15) is 4.79 Å². The molecule has 118 valence electrons. The largest absolute Gasteiger partial charge is 0.344 e. The summed E-state index contributed by atoms with van der Waals surface area (Å²) in [7, 11) is 3.81. The van der Waals surface area contributed by atoms with Crippen molar-refractivity contribution in [1.82, 2.24) is 10.2 Å². The highest BCUT2D eigenvalue weighted by Crippen LogP contribution is 2.48. The number of rotatable bonds is 5. The Bertz CT molecular complexity index is 658. The molecule has 1 aliphatic carbocycles. The van der Waals surface area contributed by atoms with Crippen LogP contribution in [0.1, 0.15) is 17.9 Å². The lowest BCUT2D eigenvalue weighted by Gasteiger charge is -2.17. The Morgan fingerprint density at radius 3 is 2.68 bits per heavy atom. The molecule has 1 N–H and O–H groups in total. The summed E-state index contributed by atoms with van der Waals surface area (Å²) in [4.78, 5) is 14.2. The van der Waals surface area contributed by atoms with Gasteiger partial charge in [0, 0.05) is 26.1 Å². The van der Waals surface area contributed by atoms with Crippen LogP contribution in [0.4, 0.5) is 0 Å². The normalized spacial score (nSPS) is 19.5. The highest BCUT2D eigenvalue weighted by molar-refractivity contribution is 5.86. The Labute approximate surface area is 138 Å². The molecule has 0 saturated heterocycles. The van der Waals surface area contributed by atoms with E-state index in [0.29, 0.717) is 5.92 Å². The lowest BCUT2D eigenvalue weighted by Crippen LogP contribution is -2.34. The molecule has 1 aliphatic rings. The predicted octanol–water partition coefficient (Wildman–Crippen LogP) is 3.04. The van der Waals surface area contributed by atoms with Gasteiger partial charge >= 0.3 is 0 Å². The molecule has 2 unspecified atom stereocenters. The summed E-state index contributed by atoms with van der Waals surface area (Å²) in [5.41, 5.74) is 1.30. The second-order valence-corrected chi connectivity index (χ2v) is 5.92. The number of halogens is 1. The Morgan fingerprint density at radius 2 is 1.95 bits per heavy atom. The molecule has 4 heteroatoms. The van der Waals surface area contributed by atoms with Gasteiger partial charge in [0.05, 0.1) is 0 Å². The van der Waals surface area contributed by atoms with Crippen LogP contribution in [-0.2, 0) is 4.79 Å². The van der Waals surface area contributed by atoms with E-state index in [0.717, 1.165) is 19.5 Å². The van der Waals surface area contributed by atoms with Crippen LogP contribution in [0.15, 0.2) is 42.5 Å². The molecule has 1 saturated carbocycles. The quantitative estimate of drug-likeness (QED) is 0.919. The minimum atomic E-state index is 0. The van der Waals surface area contributed by atoms with E-state index >= 15 is 0 Å².